The number of aromatic nitrogens is 1. The van der Waals surface area contributed by atoms with Gasteiger partial charge in [0.05, 0.1) is 11.4 Å². The van der Waals surface area contributed by atoms with Gasteiger partial charge in [-0.15, -0.1) is 11.3 Å². The third-order valence-corrected chi connectivity index (χ3v) is 5.76. The van der Waals surface area contributed by atoms with Gasteiger partial charge in [0.1, 0.15) is 15.7 Å². The van der Waals surface area contributed by atoms with Crippen LogP contribution in [0, 0.1) is 12.7 Å². The molecule has 0 aliphatic carbocycles. The number of hydrazone groups is 1. The van der Waals surface area contributed by atoms with Crippen molar-refractivity contribution >= 4 is 29.7 Å². The monoisotopic (exact) mass is 437 g/mol. The van der Waals surface area contributed by atoms with Crippen LogP contribution in [0.25, 0.3) is 5.70 Å². The molecule has 0 unspecified atom stereocenters. The topological polar surface area (TPSA) is 83.6 Å². The first kappa shape index (κ1) is 22.2. The number of carbonyl (C=O) groups excluding carboxylic acids is 1. The van der Waals surface area contributed by atoms with E-state index in [2.05, 4.69) is 22.1 Å². The van der Waals surface area contributed by atoms with Crippen molar-refractivity contribution in [3.8, 4) is 0 Å². The van der Waals surface area contributed by atoms with E-state index in [0.717, 1.165) is 11.1 Å². The fourth-order valence-electron chi connectivity index (χ4n) is 2.88. The molecule has 6 nitrogen and oxygen atoms in total. The predicted octanol–water partition coefficient (Wildman–Crippen LogP) is 3.94. The maximum absolute atomic E-state index is 13.0. The number of rotatable bonds is 9. The zero-order valence-electron chi connectivity index (χ0n) is 17.2. The molecule has 1 amide bonds. The minimum Gasteiger partial charge on any atom is -0.395 e. The van der Waals surface area contributed by atoms with Gasteiger partial charge >= 0.3 is 0 Å². The number of nitrogens with one attached hydrogen (secondary N) is 1. The zero-order valence-corrected chi connectivity index (χ0v) is 18.0. The molecule has 0 saturated carbocycles. The third kappa shape index (κ3) is 6.23. The number of hydrogen-bond acceptors (Lipinski definition) is 6. The van der Waals surface area contributed by atoms with Crippen molar-refractivity contribution in [2.24, 2.45) is 10.8 Å². The summed E-state index contributed by atoms with van der Waals surface area (Å²) in [5.41, 5.74) is 9.21. The van der Waals surface area contributed by atoms with Crippen LogP contribution in [0.1, 0.15) is 31.5 Å². The van der Waals surface area contributed by atoms with Crippen molar-refractivity contribution in [2.45, 2.75) is 19.9 Å². The van der Waals surface area contributed by atoms with Crippen LogP contribution in [0.5, 0.6) is 0 Å². The Bertz CT molecular complexity index is 1060. The van der Waals surface area contributed by atoms with Crippen LogP contribution in [0.3, 0.4) is 0 Å². The van der Waals surface area contributed by atoms with E-state index in [-0.39, 0.29) is 11.7 Å². The summed E-state index contributed by atoms with van der Waals surface area (Å²) in [4.78, 5) is 17.5. The molecule has 0 bridgehead atoms. The smallest absolute Gasteiger partial charge is 0.263 e. The number of amides is 1. The molecule has 3 rings (SSSR count). The number of nitrogens with two attached hydrogens (primary N) is 1. The van der Waals surface area contributed by atoms with Crippen molar-refractivity contribution in [3.05, 3.63) is 93.3 Å². The summed E-state index contributed by atoms with van der Waals surface area (Å²) in [6.07, 6.45) is 2.29. The van der Waals surface area contributed by atoms with Gasteiger partial charge in [-0.25, -0.2) is 9.37 Å². The molecule has 0 aliphatic rings. The molecule has 0 radical (unpaired) electrons. The minimum absolute atomic E-state index is 0.187. The quantitative estimate of drug-likeness (QED) is 0.392. The second kappa shape index (κ2) is 10.5. The molecule has 0 saturated heterocycles. The van der Waals surface area contributed by atoms with Crippen molar-refractivity contribution < 1.29 is 9.18 Å². The summed E-state index contributed by atoms with van der Waals surface area (Å²) >= 11 is 1.23. The highest BCUT2D eigenvalue weighted by Gasteiger charge is 2.16. The summed E-state index contributed by atoms with van der Waals surface area (Å²) in [7, 11) is 0. The molecule has 0 atom stereocenters. The summed E-state index contributed by atoms with van der Waals surface area (Å²) in [6.45, 7) is 6.31. The molecule has 3 N–H and O–H groups in total. The molecule has 31 heavy (non-hydrogen) atoms. The molecule has 0 fully saturated rings. The molecule has 160 valence electrons. The van der Waals surface area contributed by atoms with Gasteiger partial charge in [0.2, 0.25) is 0 Å². The van der Waals surface area contributed by atoms with Gasteiger partial charge in [0, 0.05) is 26.0 Å². The molecular formula is C23H24FN5OS. The largest absolute Gasteiger partial charge is 0.395 e. The van der Waals surface area contributed by atoms with Gasteiger partial charge < -0.3 is 11.1 Å². The number of nitrogens with zero attached hydrogens (tertiary/aromatic N) is 3. The van der Waals surface area contributed by atoms with Crippen molar-refractivity contribution in [1.29, 1.82) is 0 Å². The number of aryl methyl sites for hydroxylation is 1. The number of halogens is 1. The van der Waals surface area contributed by atoms with Crippen molar-refractivity contribution in [1.82, 2.24) is 15.3 Å². The molecule has 1 aromatic heterocycles. The Hall–Kier alpha value is -3.52. The number of hydrogen-bond donors (Lipinski definition) is 2. The molecule has 3 aromatic rings. The predicted molar refractivity (Wildman–Crippen MR) is 123 cm³/mol. The average Bonchev–Trinajstić information content (AvgIpc) is 3.18. The van der Waals surface area contributed by atoms with Gasteiger partial charge in [-0.3, -0.25) is 9.80 Å². The lowest BCUT2D eigenvalue weighted by Gasteiger charge is -2.14. The molecule has 8 heteroatoms. The standard InChI is InChI=1S/C23H24FN5OS/c1-16-21(22(30)27-14-18-6-4-3-5-7-18)31-23(28-16)20(25)15-29(26-2)13-12-17-8-10-19(24)11-9-17/h3-11,15H,2,12-14,25H2,1H3,(H,27,30)/b20-15-. The molecule has 2 aromatic carbocycles. The highest BCUT2D eigenvalue weighted by molar-refractivity contribution is 7.14. The highest BCUT2D eigenvalue weighted by Crippen LogP contribution is 2.22. The number of benzene rings is 2. The summed E-state index contributed by atoms with van der Waals surface area (Å²) in [6, 6.07) is 16.0. The van der Waals surface area contributed by atoms with Gasteiger partial charge in [-0.2, -0.15) is 5.10 Å². The second-order valence-corrected chi connectivity index (χ2v) is 7.87. The Morgan fingerprint density at radius 1 is 1.23 bits per heavy atom. The van der Waals surface area contributed by atoms with Gasteiger partial charge in [-0.05, 0) is 36.6 Å². The fourth-order valence-corrected chi connectivity index (χ4v) is 3.78. The molecule has 1 heterocycles. The highest BCUT2D eigenvalue weighted by atomic mass is 32.1. The molecular weight excluding hydrogens is 413 g/mol. The van der Waals surface area contributed by atoms with Crippen LogP contribution in [0.2, 0.25) is 0 Å². The van der Waals surface area contributed by atoms with Crippen LogP contribution in [-0.4, -0.2) is 29.2 Å². The van der Waals surface area contributed by atoms with Crippen LogP contribution >= 0.6 is 11.3 Å². The first-order chi connectivity index (χ1) is 15.0. The van der Waals surface area contributed by atoms with E-state index in [9.17, 15) is 9.18 Å². The van der Waals surface area contributed by atoms with Crippen molar-refractivity contribution in [2.75, 3.05) is 6.54 Å². The van der Waals surface area contributed by atoms with Crippen LogP contribution < -0.4 is 11.1 Å². The normalized spacial score (nSPS) is 11.2. The van der Waals surface area contributed by atoms with Crippen LogP contribution in [-0.2, 0) is 13.0 Å². The van der Waals surface area contributed by atoms with Crippen LogP contribution in [0.4, 0.5) is 4.39 Å². The SMILES string of the molecule is C=NN(/C=C(\N)c1nc(C)c(C(=O)NCc2ccccc2)s1)CCc1ccc(F)cc1. The maximum Gasteiger partial charge on any atom is 0.263 e. The molecule has 0 spiro atoms. The molecule has 0 aliphatic heterocycles. The average molecular weight is 438 g/mol. The Kier molecular flexibility index (Phi) is 7.50. The third-order valence-electron chi connectivity index (χ3n) is 4.56. The lowest BCUT2D eigenvalue weighted by Crippen LogP contribution is -2.22. The van der Waals surface area contributed by atoms with Crippen LogP contribution in [0.15, 0.2) is 65.9 Å². The van der Waals surface area contributed by atoms with E-state index in [1.807, 2.05) is 30.3 Å². The Balaban J connectivity index is 1.64. The lowest BCUT2D eigenvalue weighted by atomic mass is 10.1. The first-order valence-corrected chi connectivity index (χ1v) is 10.5. The maximum atomic E-state index is 13.0. The van der Waals surface area contributed by atoms with E-state index in [0.29, 0.717) is 40.8 Å². The Morgan fingerprint density at radius 2 is 1.94 bits per heavy atom. The fraction of sp³-hybridized carbons (Fsp3) is 0.174. The Labute approximate surface area is 184 Å². The van der Waals surface area contributed by atoms with E-state index < -0.39 is 0 Å². The van der Waals surface area contributed by atoms with E-state index >= 15 is 0 Å². The summed E-state index contributed by atoms with van der Waals surface area (Å²) < 4.78 is 13.0. The summed E-state index contributed by atoms with van der Waals surface area (Å²) in [5, 5.41) is 9.01. The lowest BCUT2D eigenvalue weighted by molar-refractivity contribution is 0.0954. The van der Waals surface area contributed by atoms with E-state index in [1.165, 1.54) is 23.5 Å². The summed E-state index contributed by atoms with van der Waals surface area (Å²) in [5.74, 6) is -0.456. The van der Waals surface area contributed by atoms with E-state index in [1.54, 1.807) is 30.3 Å². The minimum atomic E-state index is -0.269. The first-order valence-electron chi connectivity index (χ1n) is 9.71. The van der Waals surface area contributed by atoms with Crippen molar-refractivity contribution in [3.63, 3.8) is 0 Å². The Morgan fingerprint density at radius 3 is 2.61 bits per heavy atom. The number of thiazole rings is 1. The second-order valence-electron chi connectivity index (χ2n) is 6.87. The zero-order chi connectivity index (χ0) is 22.2. The van der Waals surface area contributed by atoms with Gasteiger partial charge in [0.15, 0.2) is 0 Å². The number of carbonyl (C=O) groups is 1. The van der Waals surface area contributed by atoms with E-state index in [4.69, 9.17) is 5.73 Å². The van der Waals surface area contributed by atoms with Gasteiger partial charge in [0.25, 0.3) is 5.91 Å². The van der Waals surface area contributed by atoms with Gasteiger partial charge in [-0.1, -0.05) is 42.5 Å².